The summed E-state index contributed by atoms with van der Waals surface area (Å²) in [6, 6.07) is 0. The first-order chi connectivity index (χ1) is 7.50. The van der Waals surface area contributed by atoms with Crippen LogP contribution >= 0.6 is 0 Å². The smallest absolute Gasteiger partial charge is 0.180 e. The summed E-state index contributed by atoms with van der Waals surface area (Å²) in [5.41, 5.74) is 0. The Morgan fingerprint density at radius 3 is 2.27 bits per heavy atom. The Hall–Kier alpha value is -2.58. The monoisotopic (exact) mass is 209 g/mol. The van der Waals surface area contributed by atoms with Crippen LogP contribution in [-0.4, -0.2) is 36.0 Å². The third-order valence-electron chi connectivity index (χ3n) is 0.899. The van der Waals surface area contributed by atoms with Gasteiger partial charge in [0.2, 0.25) is 0 Å². The highest BCUT2D eigenvalue weighted by Crippen LogP contribution is 1.72. The lowest BCUT2D eigenvalue weighted by Gasteiger charge is -1.47. The average molecular weight is 209 g/mol. The number of aromatic nitrogens is 7. The Balaban J connectivity index is 0.000000112. The molecule has 15 heavy (non-hydrogen) atoms. The average Bonchev–Trinajstić information content (AvgIpc) is 3.09. The molecule has 1 N–H and O–H groups in total. The van der Waals surface area contributed by atoms with E-state index in [0.717, 1.165) is 0 Å². The van der Waals surface area contributed by atoms with Crippen molar-refractivity contribution in [2.45, 2.75) is 0 Å². The van der Waals surface area contributed by atoms with Gasteiger partial charge in [-0.1, -0.05) is 0 Å². The zero-order valence-electron chi connectivity index (χ0n) is 7.46. The Labute approximate surface area is 83.5 Å². The van der Waals surface area contributed by atoms with E-state index in [4.69, 9.17) is 0 Å². The van der Waals surface area contributed by atoms with Gasteiger partial charge in [0.05, 0.1) is 12.4 Å². The van der Waals surface area contributed by atoms with E-state index >= 15 is 0 Å². The number of nitrogens with zero attached hydrogens (tertiary/aromatic N) is 6. The molecule has 0 spiro atoms. The molecule has 0 aliphatic heterocycles. The minimum atomic E-state index is 1.38. The SMILES string of the molecule is c1cocn1.c1conn1.c1nnn[nH]1. The van der Waals surface area contributed by atoms with Gasteiger partial charge < -0.3 is 8.94 Å². The van der Waals surface area contributed by atoms with Gasteiger partial charge >= 0.3 is 0 Å². The zero-order valence-corrected chi connectivity index (χ0v) is 7.46. The molecule has 9 nitrogen and oxygen atoms in total. The molecule has 0 aromatic carbocycles. The van der Waals surface area contributed by atoms with Crippen molar-refractivity contribution < 1.29 is 8.94 Å². The molecule has 0 aliphatic carbocycles. The maximum absolute atomic E-state index is 4.47. The molecule has 0 atom stereocenters. The van der Waals surface area contributed by atoms with Crippen LogP contribution in [0.15, 0.2) is 46.6 Å². The summed E-state index contributed by atoms with van der Waals surface area (Å²) in [7, 11) is 0. The highest BCUT2D eigenvalue weighted by atomic mass is 16.5. The van der Waals surface area contributed by atoms with Crippen molar-refractivity contribution in [2.75, 3.05) is 0 Å². The summed E-state index contributed by atoms with van der Waals surface area (Å²) in [5.74, 6) is 0. The van der Waals surface area contributed by atoms with E-state index in [1.165, 1.54) is 31.4 Å². The molecule has 0 unspecified atom stereocenters. The van der Waals surface area contributed by atoms with E-state index in [2.05, 4.69) is 44.9 Å². The number of hydrogen-bond donors (Lipinski definition) is 1. The Morgan fingerprint density at radius 2 is 2.07 bits per heavy atom. The van der Waals surface area contributed by atoms with E-state index in [0.29, 0.717) is 0 Å². The normalized spacial score (nSPS) is 8.00. The first-order valence-corrected chi connectivity index (χ1v) is 3.70. The van der Waals surface area contributed by atoms with Gasteiger partial charge in [0.1, 0.15) is 18.9 Å². The van der Waals surface area contributed by atoms with Crippen molar-refractivity contribution in [1.82, 2.24) is 36.0 Å². The largest absolute Gasteiger partial charge is 0.452 e. The highest BCUT2D eigenvalue weighted by molar-refractivity contribution is 4.56. The molecule has 9 heteroatoms. The number of oxazole rings is 1. The lowest BCUT2D eigenvalue weighted by Crippen LogP contribution is -1.64. The lowest BCUT2D eigenvalue weighted by molar-refractivity contribution is 0.393. The van der Waals surface area contributed by atoms with Crippen molar-refractivity contribution in [3.8, 4) is 0 Å². The van der Waals surface area contributed by atoms with E-state index in [1.54, 1.807) is 6.20 Å². The maximum atomic E-state index is 4.47. The van der Waals surface area contributed by atoms with Crippen LogP contribution in [0.2, 0.25) is 0 Å². The predicted octanol–water partition coefficient (Wildman–Crippen LogP) is -0.0561. The molecular weight excluding hydrogens is 202 g/mol. The van der Waals surface area contributed by atoms with Gasteiger partial charge in [0.25, 0.3) is 0 Å². The van der Waals surface area contributed by atoms with Crippen LogP contribution in [-0.2, 0) is 0 Å². The number of aromatic amines is 1. The van der Waals surface area contributed by atoms with Crippen LogP contribution in [0, 0.1) is 0 Å². The van der Waals surface area contributed by atoms with E-state index < -0.39 is 0 Å². The maximum Gasteiger partial charge on any atom is 0.180 e. The first kappa shape index (κ1) is 10.5. The second-order valence-electron chi connectivity index (χ2n) is 1.83. The lowest BCUT2D eigenvalue weighted by atomic mass is 11.0. The minimum Gasteiger partial charge on any atom is -0.452 e. The van der Waals surface area contributed by atoms with E-state index in [-0.39, 0.29) is 0 Å². The number of H-pyrrole nitrogens is 1. The van der Waals surface area contributed by atoms with Crippen LogP contribution in [0.4, 0.5) is 0 Å². The van der Waals surface area contributed by atoms with Gasteiger partial charge in [0.15, 0.2) is 6.39 Å². The van der Waals surface area contributed by atoms with Crippen molar-refractivity contribution in [3.05, 3.63) is 37.6 Å². The Kier molecular flexibility index (Phi) is 5.63. The van der Waals surface area contributed by atoms with Crippen LogP contribution in [0.3, 0.4) is 0 Å². The van der Waals surface area contributed by atoms with Crippen molar-refractivity contribution in [1.29, 1.82) is 0 Å². The van der Waals surface area contributed by atoms with Gasteiger partial charge in [-0.3, -0.25) is 0 Å². The second kappa shape index (κ2) is 8.04. The standard InChI is InChI=1S/C3H3NO.C2H2N2O.CH2N4/c1-2-5-3-4-1;1-2-5-4-3-1;1-2-4-5-3-1/h1-3H;1-2H;1H,(H,2,3,4,5). The summed E-state index contributed by atoms with van der Waals surface area (Å²) in [6.45, 7) is 0. The summed E-state index contributed by atoms with van der Waals surface area (Å²) in [4.78, 5) is 3.56. The Morgan fingerprint density at radius 1 is 1.07 bits per heavy atom. The fraction of sp³-hybridized carbons (Fsp3) is 0. The van der Waals surface area contributed by atoms with Gasteiger partial charge in [-0.2, -0.15) is 0 Å². The molecule has 3 heterocycles. The number of nitrogens with one attached hydrogen (secondary N) is 1. The van der Waals surface area contributed by atoms with E-state index in [9.17, 15) is 0 Å². The molecule has 0 amide bonds. The van der Waals surface area contributed by atoms with Gasteiger partial charge in [-0.15, -0.1) is 10.2 Å². The summed E-state index contributed by atoms with van der Waals surface area (Å²) < 4.78 is 8.69. The molecule has 0 bridgehead atoms. The molecule has 3 rings (SSSR count). The van der Waals surface area contributed by atoms with E-state index in [1.807, 2.05) is 0 Å². The van der Waals surface area contributed by atoms with Crippen LogP contribution in [0.1, 0.15) is 0 Å². The summed E-state index contributed by atoms with van der Waals surface area (Å²) in [6.07, 6.45) is 8.75. The predicted molar refractivity (Wildman–Crippen MR) is 45.0 cm³/mol. The highest BCUT2D eigenvalue weighted by Gasteiger charge is 1.61. The topological polar surface area (TPSA) is 119 Å². The molecule has 3 aromatic heterocycles. The third-order valence-corrected chi connectivity index (χ3v) is 0.899. The summed E-state index contributed by atoms with van der Waals surface area (Å²) in [5, 5.41) is 18.5. The molecule has 0 saturated heterocycles. The first-order valence-electron chi connectivity index (χ1n) is 3.70. The number of tetrazole rings is 1. The molecule has 0 saturated carbocycles. The van der Waals surface area contributed by atoms with Crippen LogP contribution in [0.25, 0.3) is 0 Å². The van der Waals surface area contributed by atoms with Crippen LogP contribution in [0.5, 0.6) is 0 Å². The quantitative estimate of drug-likeness (QED) is 0.546. The molecule has 78 valence electrons. The Bertz CT molecular complexity index is 253. The fourth-order valence-electron chi connectivity index (χ4n) is 0.441. The molecule has 0 radical (unpaired) electrons. The van der Waals surface area contributed by atoms with Gasteiger partial charge in [-0.25, -0.2) is 10.1 Å². The molecule has 0 aliphatic rings. The summed E-state index contributed by atoms with van der Waals surface area (Å²) >= 11 is 0. The van der Waals surface area contributed by atoms with Crippen LogP contribution < -0.4 is 0 Å². The van der Waals surface area contributed by atoms with Crippen molar-refractivity contribution in [3.63, 3.8) is 0 Å². The number of hydrogen-bond acceptors (Lipinski definition) is 8. The fourth-order valence-corrected chi connectivity index (χ4v) is 0.441. The van der Waals surface area contributed by atoms with Crippen molar-refractivity contribution >= 4 is 0 Å². The third kappa shape index (κ3) is 6.57. The second-order valence-corrected chi connectivity index (χ2v) is 1.83. The minimum absolute atomic E-state index is 1.38. The number of rotatable bonds is 0. The molecule has 0 fully saturated rings. The van der Waals surface area contributed by atoms with Gasteiger partial charge in [-0.05, 0) is 10.4 Å². The molecular formula is C6H7N7O2. The molecule has 3 aromatic rings. The zero-order chi connectivity index (χ0) is 10.6. The van der Waals surface area contributed by atoms with Crippen molar-refractivity contribution in [2.24, 2.45) is 0 Å². The van der Waals surface area contributed by atoms with Gasteiger partial charge in [0, 0.05) is 5.27 Å².